The zero-order chi connectivity index (χ0) is 10.1. The van der Waals surface area contributed by atoms with Crippen molar-refractivity contribution in [1.29, 1.82) is 0 Å². The summed E-state index contributed by atoms with van der Waals surface area (Å²) in [5, 5.41) is 0. The number of hydrogen-bond acceptors (Lipinski definition) is 3. The first-order valence-electron chi connectivity index (χ1n) is 5.16. The molecule has 0 aliphatic heterocycles. The molecule has 0 bridgehead atoms. The Morgan fingerprint density at radius 2 is 2.13 bits per heavy atom. The maximum absolute atomic E-state index is 4.30. The van der Waals surface area contributed by atoms with Crippen LogP contribution in [-0.4, -0.2) is 15.0 Å². The van der Waals surface area contributed by atoms with Crippen molar-refractivity contribution in [2.45, 2.75) is 18.8 Å². The topological polar surface area (TPSA) is 38.7 Å². The van der Waals surface area contributed by atoms with Crippen LogP contribution in [-0.2, 0) is 0 Å². The smallest absolute Gasteiger partial charge is 0.116 e. The van der Waals surface area contributed by atoms with Crippen molar-refractivity contribution < 1.29 is 0 Å². The zero-order valence-corrected chi connectivity index (χ0v) is 8.30. The minimum absolute atomic E-state index is 0.670. The molecule has 3 heteroatoms. The van der Waals surface area contributed by atoms with E-state index < -0.39 is 0 Å². The van der Waals surface area contributed by atoms with Crippen molar-refractivity contribution in [3.63, 3.8) is 0 Å². The molecule has 15 heavy (non-hydrogen) atoms. The minimum atomic E-state index is 0.670. The van der Waals surface area contributed by atoms with Crippen molar-refractivity contribution in [1.82, 2.24) is 15.0 Å². The summed E-state index contributed by atoms with van der Waals surface area (Å²) in [6.07, 6.45) is 7.79. The van der Waals surface area contributed by atoms with Crippen LogP contribution in [0.4, 0.5) is 0 Å². The Hall–Kier alpha value is -1.77. The van der Waals surface area contributed by atoms with E-state index in [-0.39, 0.29) is 0 Å². The first-order valence-corrected chi connectivity index (χ1v) is 5.16. The second-order valence-electron chi connectivity index (χ2n) is 3.84. The fraction of sp³-hybridized carbons (Fsp3) is 0.250. The number of nitrogens with zero attached hydrogens (tertiary/aromatic N) is 3. The van der Waals surface area contributed by atoms with Gasteiger partial charge in [-0.1, -0.05) is 0 Å². The lowest BCUT2D eigenvalue weighted by Gasteiger charge is -2.01. The molecule has 1 aliphatic carbocycles. The largest absolute Gasteiger partial charge is 0.264 e. The maximum Gasteiger partial charge on any atom is 0.116 e. The van der Waals surface area contributed by atoms with Crippen LogP contribution in [0.15, 0.2) is 36.9 Å². The highest BCUT2D eigenvalue weighted by Gasteiger charge is 2.25. The Kier molecular flexibility index (Phi) is 1.95. The monoisotopic (exact) mass is 197 g/mol. The van der Waals surface area contributed by atoms with E-state index in [1.165, 1.54) is 18.5 Å². The van der Waals surface area contributed by atoms with Crippen LogP contribution in [0.5, 0.6) is 0 Å². The standard InChI is InChI=1S/C12H11N3/c1-2-10(7-13-5-1)12-6-11(9-3-4-9)14-8-15-12/h1-2,5-9H,3-4H2. The second kappa shape index (κ2) is 3.42. The van der Waals surface area contributed by atoms with Gasteiger partial charge in [-0.05, 0) is 31.0 Å². The summed E-state index contributed by atoms with van der Waals surface area (Å²) in [7, 11) is 0. The van der Waals surface area contributed by atoms with Crippen LogP contribution < -0.4 is 0 Å². The molecule has 0 unspecified atom stereocenters. The summed E-state index contributed by atoms with van der Waals surface area (Å²) in [6.45, 7) is 0. The third-order valence-electron chi connectivity index (χ3n) is 2.64. The SMILES string of the molecule is c1cncc(-c2cc(C3CC3)ncn2)c1. The molecule has 0 N–H and O–H groups in total. The van der Waals surface area contributed by atoms with Crippen molar-refractivity contribution in [2.75, 3.05) is 0 Å². The van der Waals surface area contributed by atoms with Crippen molar-refractivity contribution in [2.24, 2.45) is 0 Å². The van der Waals surface area contributed by atoms with Gasteiger partial charge in [0.15, 0.2) is 0 Å². The van der Waals surface area contributed by atoms with Gasteiger partial charge in [-0.15, -0.1) is 0 Å². The van der Waals surface area contributed by atoms with Gasteiger partial charge in [-0.25, -0.2) is 9.97 Å². The predicted molar refractivity (Wildman–Crippen MR) is 57.2 cm³/mol. The van der Waals surface area contributed by atoms with Crippen LogP contribution in [0.1, 0.15) is 24.5 Å². The highest BCUT2D eigenvalue weighted by Crippen LogP contribution is 2.39. The van der Waals surface area contributed by atoms with E-state index >= 15 is 0 Å². The molecule has 0 spiro atoms. The van der Waals surface area contributed by atoms with Gasteiger partial charge in [0, 0.05) is 29.6 Å². The molecule has 0 aromatic carbocycles. The fourth-order valence-corrected chi connectivity index (χ4v) is 1.65. The first-order chi connectivity index (χ1) is 7.43. The predicted octanol–water partition coefficient (Wildman–Crippen LogP) is 2.42. The lowest BCUT2D eigenvalue weighted by molar-refractivity contribution is 0.989. The van der Waals surface area contributed by atoms with E-state index in [9.17, 15) is 0 Å². The van der Waals surface area contributed by atoms with E-state index in [1.807, 2.05) is 18.3 Å². The van der Waals surface area contributed by atoms with Gasteiger partial charge >= 0.3 is 0 Å². The normalized spacial score (nSPS) is 15.2. The Bertz CT molecular complexity index is 463. The number of aromatic nitrogens is 3. The van der Waals surface area contributed by atoms with Crippen molar-refractivity contribution in [3.8, 4) is 11.3 Å². The average Bonchev–Trinajstić information content (AvgIpc) is 3.14. The molecular formula is C12H11N3. The highest BCUT2D eigenvalue weighted by atomic mass is 14.8. The minimum Gasteiger partial charge on any atom is -0.264 e. The Balaban J connectivity index is 2.01. The lowest BCUT2D eigenvalue weighted by atomic mass is 10.1. The molecular weight excluding hydrogens is 186 g/mol. The first kappa shape index (κ1) is 8.53. The zero-order valence-electron chi connectivity index (χ0n) is 8.30. The molecule has 3 nitrogen and oxygen atoms in total. The Morgan fingerprint density at radius 1 is 1.20 bits per heavy atom. The molecule has 1 fully saturated rings. The Morgan fingerprint density at radius 3 is 2.87 bits per heavy atom. The lowest BCUT2D eigenvalue weighted by Crippen LogP contribution is -1.91. The molecule has 0 radical (unpaired) electrons. The molecule has 74 valence electrons. The van der Waals surface area contributed by atoms with Crippen molar-refractivity contribution >= 4 is 0 Å². The van der Waals surface area contributed by atoms with Crippen LogP contribution in [0.3, 0.4) is 0 Å². The summed E-state index contributed by atoms with van der Waals surface area (Å²) in [6, 6.07) is 6.02. The molecule has 1 saturated carbocycles. The Labute approximate surface area is 88.2 Å². The van der Waals surface area contributed by atoms with E-state index in [0.717, 1.165) is 11.3 Å². The van der Waals surface area contributed by atoms with Gasteiger partial charge < -0.3 is 0 Å². The molecule has 1 aliphatic rings. The molecule has 0 atom stereocenters. The van der Waals surface area contributed by atoms with Crippen LogP contribution in [0, 0.1) is 0 Å². The van der Waals surface area contributed by atoms with Gasteiger partial charge in [0.05, 0.1) is 5.69 Å². The molecule has 0 saturated heterocycles. The summed E-state index contributed by atoms with van der Waals surface area (Å²) in [4.78, 5) is 12.7. The van der Waals surface area contributed by atoms with Gasteiger partial charge in [-0.3, -0.25) is 4.98 Å². The molecule has 2 aromatic rings. The van der Waals surface area contributed by atoms with Gasteiger partial charge in [0.1, 0.15) is 6.33 Å². The summed E-state index contributed by atoms with van der Waals surface area (Å²) in [5.41, 5.74) is 3.20. The molecule has 2 aromatic heterocycles. The second-order valence-corrected chi connectivity index (χ2v) is 3.84. The van der Waals surface area contributed by atoms with Gasteiger partial charge in [0.25, 0.3) is 0 Å². The van der Waals surface area contributed by atoms with E-state index in [1.54, 1.807) is 12.5 Å². The van der Waals surface area contributed by atoms with Crippen molar-refractivity contribution in [3.05, 3.63) is 42.6 Å². The summed E-state index contributed by atoms with van der Waals surface area (Å²) >= 11 is 0. The number of rotatable bonds is 2. The van der Waals surface area contributed by atoms with Crippen LogP contribution in [0.2, 0.25) is 0 Å². The highest BCUT2D eigenvalue weighted by molar-refractivity contribution is 5.57. The summed E-state index contributed by atoms with van der Waals surface area (Å²) < 4.78 is 0. The third-order valence-corrected chi connectivity index (χ3v) is 2.64. The number of pyridine rings is 1. The van der Waals surface area contributed by atoms with Crippen LogP contribution >= 0.6 is 0 Å². The van der Waals surface area contributed by atoms with Gasteiger partial charge in [-0.2, -0.15) is 0 Å². The molecule has 0 amide bonds. The van der Waals surface area contributed by atoms with Crippen LogP contribution in [0.25, 0.3) is 11.3 Å². The average molecular weight is 197 g/mol. The third kappa shape index (κ3) is 1.73. The van der Waals surface area contributed by atoms with E-state index in [4.69, 9.17) is 0 Å². The molecule has 3 rings (SSSR count). The van der Waals surface area contributed by atoms with E-state index in [2.05, 4.69) is 21.0 Å². The van der Waals surface area contributed by atoms with Gasteiger partial charge in [0.2, 0.25) is 0 Å². The van der Waals surface area contributed by atoms with E-state index in [0.29, 0.717) is 5.92 Å². The number of hydrogen-bond donors (Lipinski definition) is 0. The quantitative estimate of drug-likeness (QED) is 0.742. The maximum atomic E-state index is 4.30. The molecule has 2 heterocycles. The summed E-state index contributed by atoms with van der Waals surface area (Å²) in [5.74, 6) is 0.670. The fourth-order valence-electron chi connectivity index (χ4n) is 1.65.